The van der Waals surface area contributed by atoms with Crippen molar-refractivity contribution >= 4 is 27.6 Å². The van der Waals surface area contributed by atoms with Gasteiger partial charge in [-0.2, -0.15) is 4.31 Å². The molecule has 1 aromatic heterocycles. The number of hydrogen-bond acceptors (Lipinski definition) is 5. The molecule has 8 nitrogen and oxygen atoms in total. The summed E-state index contributed by atoms with van der Waals surface area (Å²) >= 11 is 0. The Bertz CT molecular complexity index is 1180. The summed E-state index contributed by atoms with van der Waals surface area (Å²) in [5, 5.41) is 0. The van der Waals surface area contributed by atoms with Crippen LogP contribution in [0.5, 0.6) is 0 Å². The molecule has 0 aliphatic carbocycles. The van der Waals surface area contributed by atoms with Crippen LogP contribution < -0.4 is 4.90 Å². The summed E-state index contributed by atoms with van der Waals surface area (Å²) in [6.07, 6.45) is 3.46. The zero-order chi connectivity index (χ0) is 23.8. The molecule has 3 heterocycles. The van der Waals surface area contributed by atoms with Gasteiger partial charge < -0.3 is 14.2 Å². The number of nitrogens with zero attached hydrogens (tertiary/aromatic N) is 3. The van der Waals surface area contributed by atoms with E-state index in [1.54, 1.807) is 40.4 Å². The highest BCUT2D eigenvalue weighted by Crippen LogP contribution is 2.32. The van der Waals surface area contributed by atoms with Gasteiger partial charge in [0.2, 0.25) is 15.9 Å². The molecule has 1 saturated heterocycles. The van der Waals surface area contributed by atoms with E-state index >= 15 is 0 Å². The summed E-state index contributed by atoms with van der Waals surface area (Å²) in [7, 11) is -3.51. The number of aryl methyl sites for hydroxylation is 1. The van der Waals surface area contributed by atoms with Crippen molar-refractivity contribution in [3.63, 3.8) is 0 Å². The number of hydrogen-bond donors (Lipinski definition) is 0. The fourth-order valence-corrected chi connectivity index (χ4v) is 6.30. The number of aromatic nitrogens is 1. The summed E-state index contributed by atoms with van der Waals surface area (Å²) in [5.74, 6) is -0.490. The molecule has 0 bridgehead atoms. The number of anilines is 1. The highest BCUT2D eigenvalue weighted by molar-refractivity contribution is 7.89. The number of amides is 1. The molecule has 1 fully saturated rings. The third kappa shape index (κ3) is 4.44. The molecule has 2 aliphatic rings. The van der Waals surface area contributed by atoms with Crippen molar-refractivity contribution in [1.29, 1.82) is 0 Å². The molecule has 1 amide bonds. The summed E-state index contributed by atoms with van der Waals surface area (Å²) in [4.78, 5) is 27.4. The molecule has 9 heteroatoms. The molecule has 0 unspecified atom stereocenters. The van der Waals surface area contributed by atoms with Gasteiger partial charge in [0.25, 0.3) is 0 Å². The normalized spacial score (nSPS) is 16.6. The van der Waals surface area contributed by atoms with E-state index in [1.807, 2.05) is 18.4 Å². The standard InChI is InChI=1S/C24H31N3O5S/c1-4-32-24(29)21-14-17(2)27(18(21)3)16-23(28)26-13-10-19-15-20(8-9-22(19)26)33(30,31)25-11-6-5-7-12-25/h8-9,14-15H,4-7,10-13,16H2,1-3H3. The highest BCUT2D eigenvalue weighted by atomic mass is 32.2. The largest absolute Gasteiger partial charge is 0.462 e. The molecule has 33 heavy (non-hydrogen) atoms. The van der Waals surface area contributed by atoms with E-state index < -0.39 is 16.0 Å². The predicted molar refractivity (Wildman–Crippen MR) is 125 cm³/mol. The maximum Gasteiger partial charge on any atom is 0.339 e. The zero-order valence-electron chi connectivity index (χ0n) is 19.5. The topological polar surface area (TPSA) is 88.9 Å². The Morgan fingerprint density at radius 3 is 2.45 bits per heavy atom. The first-order valence-electron chi connectivity index (χ1n) is 11.5. The summed E-state index contributed by atoms with van der Waals surface area (Å²) in [6, 6.07) is 6.82. The number of rotatable bonds is 6. The molecule has 178 valence electrons. The van der Waals surface area contributed by atoms with Crippen molar-refractivity contribution in [2.24, 2.45) is 0 Å². The van der Waals surface area contributed by atoms with E-state index in [0.29, 0.717) is 48.8 Å². The van der Waals surface area contributed by atoms with Crippen LogP contribution in [0.4, 0.5) is 5.69 Å². The van der Waals surface area contributed by atoms with Crippen LogP contribution in [0.15, 0.2) is 29.2 Å². The lowest BCUT2D eigenvalue weighted by Crippen LogP contribution is -2.35. The van der Waals surface area contributed by atoms with Crippen LogP contribution in [0.3, 0.4) is 0 Å². The van der Waals surface area contributed by atoms with E-state index in [4.69, 9.17) is 4.74 Å². The minimum Gasteiger partial charge on any atom is -0.462 e. The second-order valence-electron chi connectivity index (χ2n) is 8.64. The van der Waals surface area contributed by atoms with E-state index in [9.17, 15) is 18.0 Å². The maximum absolute atomic E-state index is 13.2. The summed E-state index contributed by atoms with van der Waals surface area (Å²) in [6.45, 7) is 7.45. The van der Waals surface area contributed by atoms with Crippen molar-refractivity contribution < 1.29 is 22.7 Å². The Hall–Kier alpha value is -2.65. The van der Waals surface area contributed by atoms with Gasteiger partial charge in [-0.15, -0.1) is 0 Å². The lowest BCUT2D eigenvalue weighted by atomic mass is 10.2. The minimum absolute atomic E-state index is 0.0994. The average Bonchev–Trinajstić information content (AvgIpc) is 3.35. The van der Waals surface area contributed by atoms with Crippen molar-refractivity contribution in [2.45, 2.75) is 57.9 Å². The third-order valence-electron chi connectivity index (χ3n) is 6.56. The van der Waals surface area contributed by atoms with Gasteiger partial charge in [0, 0.05) is 36.7 Å². The lowest BCUT2D eigenvalue weighted by molar-refractivity contribution is -0.119. The van der Waals surface area contributed by atoms with Crippen LogP contribution in [0.25, 0.3) is 0 Å². The molecule has 0 radical (unpaired) electrons. The Labute approximate surface area is 195 Å². The Balaban J connectivity index is 1.53. The second kappa shape index (κ2) is 9.30. The van der Waals surface area contributed by atoms with E-state index in [1.165, 1.54) is 0 Å². The zero-order valence-corrected chi connectivity index (χ0v) is 20.3. The highest BCUT2D eigenvalue weighted by Gasteiger charge is 2.30. The molecule has 0 N–H and O–H groups in total. The SMILES string of the molecule is CCOC(=O)c1cc(C)n(CC(=O)N2CCc3cc(S(=O)(=O)N4CCCCC4)ccc32)c1C. The Morgan fingerprint density at radius 2 is 1.76 bits per heavy atom. The monoisotopic (exact) mass is 473 g/mol. The molecule has 1 aromatic carbocycles. The fraction of sp³-hybridized carbons (Fsp3) is 0.500. The van der Waals surface area contributed by atoms with E-state index in [-0.39, 0.29) is 12.5 Å². The van der Waals surface area contributed by atoms with E-state index in [2.05, 4.69) is 0 Å². The molecule has 4 rings (SSSR count). The molecular weight excluding hydrogens is 442 g/mol. The second-order valence-corrected chi connectivity index (χ2v) is 10.6. The van der Waals surface area contributed by atoms with Gasteiger partial charge in [-0.25, -0.2) is 13.2 Å². The van der Waals surface area contributed by atoms with E-state index in [0.717, 1.165) is 36.2 Å². The average molecular weight is 474 g/mol. The van der Waals surface area contributed by atoms with Crippen LogP contribution in [-0.4, -0.2) is 55.4 Å². The molecular formula is C24H31N3O5S. The number of carbonyl (C=O) groups is 2. The summed E-state index contributed by atoms with van der Waals surface area (Å²) in [5.41, 5.74) is 3.60. The Kier molecular flexibility index (Phi) is 6.63. The van der Waals surface area contributed by atoms with Gasteiger partial charge >= 0.3 is 5.97 Å². The molecule has 0 saturated carbocycles. The van der Waals surface area contributed by atoms with Gasteiger partial charge in [-0.3, -0.25) is 4.79 Å². The van der Waals surface area contributed by atoms with Gasteiger partial charge in [-0.05, 0) is 69.9 Å². The van der Waals surface area contributed by atoms with Crippen molar-refractivity contribution in [1.82, 2.24) is 8.87 Å². The van der Waals surface area contributed by atoms with Gasteiger partial charge in [-0.1, -0.05) is 6.42 Å². The number of fused-ring (bicyclic) bond motifs is 1. The number of piperidine rings is 1. The third-order valence-corrected chi connectivity index (χ3v) is 8.46. The quantitative estimate of drug-likeness (QED) is 0.602. The predicted octanol–water partition coefficient (Wildman–Crippen LogP) is 3.05. The van der Waals surface area contributed by atoms with Gasteiger partial charge in [0.05, 0.1) is 17.1 Å². The summed E-state index contributed by atoms with van der Waals surface area (Å²) < 4.78 is 34.5. The first-order valence-corrected chi connectivity index (χ1v) is 13.0. The number of sulfonamides is 1. The van der Waals surface area contributed by atoms with Crippen LogP contribution in [0, 0.1) is 13.8 Å². The first-order chi connectivity index (χ1) is 15.7. The molecule has 2 aliphatic heterocycles. The fourth-order valence-electron chi connectivity index (χ4n) is 4.73. The van der Waals surface area contributed by atoms with Crippen LogP contribution in [-0.2, 0) is 32.5 Å². The van der Waals surface area contributed by atoms with Crippen LogP contribution >= 0.6 is 0 Å². The smallest absolute Gasteiger partial charge is 0.339 e. The number of benzene rings is 1. The molecule has 0 spiro atoms. The van der Waals surface area contributed by atoms with Crippen molar-refractivity contribution in [3.05, 3.63) is 46.8 Å². The number of carbonyl (C=O) groups excluding carboxylic acids is 2. The van der Waals surface area contributed by atoms with Crippen LogP contribution in [0.2, 0.25) is 0 Å². The van der Waals surface area contributed by atoms with Crippen LogP contribution in [0.1, 0.15) is 53.5 Å². The Morgan fingerprint density at radius 1 is 1.03 bits per heavy atom. The van der Waals surface area contributed by atoms with Crippen molar-refractivity contribution in [3.8, 4) is 0 Å². The van der Waals surface area contributed by atoms with Gasteiger partial charge in [0.1, 0.15) is 6.54 Å². The van der Waals surface area contributed by atoms with Crippen molar-refractivity contribution in [2.75, 3.05) is 31.1 Å². The number of ether oxygens (including phenoxy) is 1. The number of esters is 1. The maximum atomic E-state index is 13.2. The minimum atomic E-state index is -3.51. The lowest BCUT2D eigenvalue weighted by Gasteiger charge is -2.26. The van der Waals surface area contributed by atoms with Gasteiger partial charge in [0.15, 0.2) is 0 Å². The first kappa shape index (κ1) is 23.5. The molecule has 2 aromatic rings. The molecule has 0 atom stereocenters.